The first-order chi connectivity index (χ1) is 23.7. The Bertz CT molecular complexity index is 1800. The molecule has 1 N–H and O–H groups in total. The van der Waals surface area contributed by atoms with Crippen molar-refractivity contribution in [2.45, 2.75) is 37.5 Å². The Kier molecular flexibility index (Phi) is 10.9. The van der Waals surface area contributed by atoms with Crippen molar-refractivity contribution in [3.63, 3.8) is 0 Å². The van der Waals surface area contributed by atoms with Crippen molar-refractivity contribution in [3.8, 4) is 11.5 Å². The lowest BCUT2D eigenvalue weighted by molar-refractivity contribution is -0.159. The number of aromatic nitrogens is 1. The normalized spacial score (nSPS) is 19.4. The molecule has 1 unspecified atom stereocenters. The molecule has 0 radical (unpaired) electrons. The van der Waals surface area contributed by atoms with Crippen LogP contribution in [0, 0.1) is 11.7 Å². The van der Waals surface area contributed by atoms with Crippen LogP contribution in [0.2, 0.25) is 10.0 Å². The minimum Gasteiger partial charge on any atom is -0.493 e. The largest absolute Gasteiger partial charge is 0.493 e. The third-order valence-electron chi connectivity index (χ3n) is 9.06. The van der Waals surface area contributed by atoms with Gasteiger partial charge in [-0.15, -0.1) is 0 Å². The summed E-state index contributed by atoms with van der Waals surface area (Å²) in [6.45, 7) is 2.69. The van der Waals surface area contributed by atoms with Crippen LogP contribution in [0.15, 0.2) is 79.1 Å². The predicted molar refractivity (Wildman–Crippen MR) is 184 cm³/mol. The maximum absolute atomic E-state index is 14.4. The first-order valence-corrected chi connectivity index (χ1v) is 16.7. The van der Waals surface area contributed by atoms with Crippen molar-refractivity contribution in [3.05, 3.63) is 117 Å². The van der Waals surface area contributed by atoms with Gasteiger partial charge >= 0.3 is 11.9 Å². The second kappa shape index (κ2) is 15.4. The first kappa shape index (κ1) is 34.5. The summed E-state index contributed by atoms with van der Waals surface area (Å²) >= 11 is 12.9. The van der Waals surface area contributed by atoms with Gasteiger partial charge < -0.3 is 24.3 Å². The molecule has 0 saturated carbocycles. The van der Waals surface area contributed by atoms with Gasteiger partial charge in [0.15, 0.2) is 17.5 Å². The van der Waals surface area contributed by atoms with Crippen molar-refractivity contribution in [1.29, 1.82) is 0 Å². The number of carbonyl (C=O) groups is 2. The molecule has 3 atom stereocenters. The molecule has 7 rings (SSSR count). The number of hydrogen-bond donors (Lipinski definition) is 1. The smallest absolute Gasteiger partial charge is 0.338 e. The fourth-order valence-corrected chi connectivity index (χ4v) is 6.94. The van der Waals surface area contributed by atoms with Gasteiger partial charge in [-0.25, -0.2) is 14.0 Å². The Balaban J connectivity index is 1.25. The van der Waals surface area contributed by atoms with Crippen LogP contribution < -0.4 is 14.8 Å². The quantitative estimate of drug-likeness (QED) is 0.150. The summed E-state index contributed by atoms with van der Waals surface area (Å²) in [6, 6.07) is 16.6. The summed E-state index contributed by atoms with van der Waals surface area (Å²) < 4.78 is 37.4. The first-order valence-electron chi connectivity index (χ1n) is 16.0. The van der Waals surface area contributed by atoms with E-state index in [0.717, 1.165) is 25.9 Å². The van der Waals surface area contributed by atoms with Crippen molar-refractivity contribution in [2.24, 2.45) is 5.92 Å². The lowest BCUT2D eigenvalue weighted by Crippen LogP contribution is -2.52. The molecule has 3 saturated heterocycles. The molecule has 0 aliphatic carbocycles. The SMILES string of the molecule is COc1ccc([C@H](Cc2c(Cl)cncc2Cl)OC(=O)c2cccc(NC(C(=O)O[C@H]3CN4CCC3CC4)c3cccc(F)c3)c2)cc1OC. The average Bonchev–Trinajstić information content (AvgIpc) is 3.12. The third kappa shape index (κ3) is 8.09. The zero-order valence-electron chi connectivity index (χ0n) is 27.0. The van der Waals surface area contributed by atoms with E-state index < -0.39 is 29.9 Å². The molecule has 2 bridgehead atoms. The highest BCUT2D eigenvalue weighted by molar-refractivity contribution is 6.35. The van der Waals surface area contributed by atoms with E-state index >= 15 is 0 Å². The Labute approximate surface area is 294 Å². The van der Waals surface area contributed by atoms with Gasteiger partial charge in [0.25, 0.3) is 0 Å². The molecule has 3 aromatic carbocycles. The van der Waals surface area contributed by atoms with E-state index in [0.29, 0.717) is 56.4 Å². The summed E-state index contributed by atoms with van der Waals surface area (Å²) in [4.78, 5) is 33.8. The molecular formula is C37H36Cl2FN3O6. The minimum absolute atomic E-state index is 0.145. The maximum Gasteiger partial charge on any atom is 0.338 e. The number of fused-ring (bicyclic) bond motifs is 3. The van der Waals surface area contributed by atoms with Crippen molar-refractivity contribution in [1.82, 2.24) is 9.88 Å². The molecule has 3 aliphatic heterocycles. The summed E-state index contributed by atoms with van der Waals surface area (Å²) in [5.74, 6) is -0.370. The van der Waals surface area contributed by atoms with Crippen molar-refractivity contribution >= 4 is 40.8 Å². The number of halogens is 3. The van der Waals surface area contributed by atoms with Crippen molar-refractivity contribution in [2.75, 3.05) is 39.2 Å². The van der Waals surface area contributed by atoms with E-state index in [1.165, 1.54) is 38.7 Å². The lowest BCUT2D eigenvalue weighted by atomic mass is 9.86. The van der Waals surface area contributed by atoms with Gasteiger partial charge in [0.2, 0.25) is 0 Å². The molecule has 4 heterocycles. The summed E-state index contributed by atoms with van der Waals surface area (Å²) in [5, 5.41) is 3.84. The number of piperidine rings is 3. The van der Waals surface area contributed by atoms with Crippen LogP contribution in [-0.2, 0) is 20.7 Å². The van der Waals surface area contributed by atoms with Crippen molar-refractivity contribution < 1.29 is 32.9 Å². The number of nitrogens with one attached hydrogen (secondary N) is 1. The lowest BCUT2D eigenvalue weighted by Gasteiger charge is -2.44. The Hall–Kier alpha value is -4.38. The van der Waals surface area contributed by atoms with Crippen LogP contribution >= 0.6 is 23.2 Å². The number of pyridine rings is 1. The monoisotopic (exact) mass is 707 g/mol. The number of benzene rings is 3. The number of nitrogens with zero attached hydrogens (tertiary/aromatic N) is 2. The van der Waals surface area contributed by atoms with Gasteiger partial charge in [0, 0.05) is 31.0 Å². The van der Waals surface area contributed by atoms with Gasteiger partial charge in [-0.2, -0.15) is 0 Å². The Morgan fingerprint density at radius 2 is 1.67 bits per heavy atom. The van der Waals surface area contributed by atoms with Crippen LogP contribution in [0.4, 0.5) is 10.1 Å². The van der Waals surface area contributed by atoms with Gasteiger partial charge in [0.05, 0.1) is 29.8 Å². The zero-order valence-corrected chi connectivity index (χ0v) is 28.5. The van der Waals surface area contributed by atoms with E-state index in [1.54, 1.807) is 54.6 Å². The van der Waals surface area contributed by atoms with E-state index in [2.05, 4.69) is 15.2 Å². The van der Waals surface area contributed by atoms with Gasteiger partial charge in [0.1, 0.15) is 18.0 Å². The predicted octanol–water partition coefficient (Wildman–Crippen LogP) is 7.48. The highest BCUT2D eigenvalue weighted by Crippen LogP contribution is 2.36. The van der Waals surface area contributed by atoms with Gasteiger partial charge in [-0.1, -0.05) is 47.5 Å². The molecular weight excluding hydrogens is 672 g/mol. The van der Waals surface area contributed by atoms with E-state index in [4.69, 9.17) is 42.1 Å². The fraction of sp³-hybridized carbons (Fsp3) is 0.324. The number of esters is 2. The van der Waals surface area contributed by atoms with E-state index in [9.17, 15) is 14.0 Å². The third-order valence-corrected chi connectivity index (χ3v) is 9.71. The molecule has 0 amide bonds. The number of carbonyl (C=O) groups excluding carboxylic acids is 2. The molecule has 4 aromatic rings. The Morgan fingerprint density at radius 3 is 2.35 bits per heavy atom. The summed E-state index contributed by atoms with van der Waals surface area (Å²) in [5.41, 5.74) is 2.23. The van der Waals surface area contributed by atoms with Crippen LogP contribution in [0.25, 0.3) is 0 Å². The average molecular weight is 709 g/mol. The molecule has 12 heteroatoms. The molecule has 9 nitrogen and oxygen atoms in total. The highest BCUT2D eigenvalue weighted by Gasteiger charge is 2.38. The summed E-state index contributed by atoms with van der Waals surface area (Å²) in [7, 11) is 3.05. The topological polar surface area (TPSA) is 99.2 Å². The van der Waals surface area contributed by atoms with Crippen LogP contribution in [0.3, 0.4) is 0 Å². The fourth-order valence-electron chi connectivity index (χ4n) is 6.43. The van der Waals surface area contributed by atoms with Gasteiger partial charge in [-0.05, 0) is 91.0 Å². The molecule has 3 fully saturated rings. The maximum atomic E-state index is 14.4. The van der Waals surface area contributed by atoms with E-state index in [-0.39, 0.29) is 18.1 Å². The van der Waals surface area contributed by atoms with Crippen LogP contribution in [-0.4, -0.2) is 61.8 Å². The van der Waals surface area contributed by atoms with Crippen LogP contribution in [0.5, 0.6) is 11.5 Å². The standard InChI is InChI=1S/C37H36Cl2FN3O6/c1-46-31-10-9-23(17-33(31)47-2)32(18-28-29(38)19-41-20-30(28)39)48-36(44)25-6-4-8-27(16-25)42-35(24-5-3-7-26(40)15-24)37(45)49-34-21-43-13-11-22(34)12-14-43/h3-10,15-17,19-20,22,32,34-35,42H,11-14,18,21H2,1-2H3/t32-,34-,35?/m0/s1. The number of ether oxygens (including phenoxy) is 4. The molecule has 49 heavy (non-hydrogen) atoms. The number of anilines is 1. The summed E-state index contributed by atoms with van der Waals surface area (Å²) in [6.07, 6.45) is 3.98. The molecule has 256 valence electrons. The molecule has 3 aliphatic rings. The number of rotatable bonds is 12. The van der Waals surface area contributed by atoms with Gasteiger partial charge in [-0.3, -0.25) is 9.88 Å². The van der Waals surface area contributed by atoms with E-state index in [1.807, 2.05) is 0 Å². The Morgan fingerprint density at radius 1 is 0.939 bits per heavy atom. The highest BCUT2D eigenvalue weighted by atomic mass is 35.5. The molecule has 1 aromatic heterocycles. The zero-order chi connectivity index (χ0) is 34.5. The second-order valence-corrected chi connectivity index (χ2v) is 12.9. The number of hydrogen-bond acceptors (Lipinski definition) is 9. The molecule has 0 spiro atoms. The number of methoxy groups -OCH3 is 2. The van der Waals surface area contributed by atoms with Crippen LogP contribution in [0.1, 0.15) is 52.0 Å². The minimum atomic E-state index is -1.02. The second-order valence-electron chi connectivity index (χ2n) is 12.1.